The van der Waals surface area contributed by atoms with Crippen LogP contribution in [0.15, 0.2) is 39.4 Å². The van der Waals surface area contributed by atoms with Gasteiger partial charge in [-0.3, -0.25) is 4.79 Å². The molecule has 0 atom stereocenters. The Morgan fingerprint density at radius 2 is 2.16 bits per heavy atom. The summed E-state index contributed by atoms with van der Waals surface area (Å²) in [5.41, 5.74) is 1.88. The summed E-state index contributed by atoms with van der Waals surface area (Å²) < 4.78 is 11.3. The first-order valence-corrected chi connectivity index (χ1v) is 6.84. The minimum Gasteiger partial charge on any atom is -0.493 e. The maximum atomic E-state index is 11.9. The standard InChI is InChI=1S/C14H12BrNO3/c15-13-6-5-12(19-13)14(17)16-10-3-4-11-9(8-10)2-1-7-18-11/h3-6,8H,1-2,7H2,(H,16,17). The topological polar surface area (TPSA) is 51.5 Å². The first-order chi connectivity index (χ1) is 9.22. The maximum Gasteiger partial charge on any atom is 0.291 e. The van der Waals surface area contributed by atoms with Crippen LogP contribution >= 0.6 is 15.9 Å². The van der Waals surface area contributed by atoms with Crippen LogP contribution in [-0.2, 0) is 6.42 Å². The third-order valence-electron chi connectivity index (χ3n) is 2.96. The molecule has 0 radical (unpaired) electrons. The fraction of sp³-hybridized carbons (Fsp3) is 0.214. The van der Waals surface area contributed by atoms with Crippen molar-refractivity contribution in [1.29, 1.82) is 0 Å². The van der Waals surface area contributed by atoms with Crippen molar-refractivity contribution in [3.8, 4) is 5.75 Å². The van der Waals surface area contributed by atoms with Crippen molar-refractivity contribution < 1.29 is 13.9 Å². The molecule has 0 aliphatic carbocycles. The minimum atomic E-state index is -0.262. The first-order valence-electron chi connectivity index (χ1n) is 6.05. The van der Waals surface area contributed by atoms with E-state index in [1.165, 1.54) is 0 Å². The normalized spacial score (nSPS) is 13.5. The van der Waals surface area contributed by atoms with Crippen molar-refractivity contribution >= 4 is 27.5 Å². The van der Waals surface area contributed by atoms with Crippen molar-refractivity contribution in [3.05, 3.63) is 46.3 Å². The van der Waals surface area contributed by atoms with Gasteiger partial charge < -0.3 is 14.5 Å². The minimum absolute atomic E-state index is 0.262. The average molecular weight is 322 g/mol. The number of carbonyl (C=O) groups is 1. The van der Waals surface area contributed by atoms with Crippen molar-refractivity contribution in [2.24, 2.45) is 0 Å². The van der Waals surface area contributed by atoms with Crippen molar-refractivity contribution in [2.75, 3.05) is 11.9 Å². The zero-order chi connectivity index (χ0) is 13.2. The van der Waals surface area contributed by atoms with E-state index in [9.17, 15) is 4.79 Å². The lowest BCUT2D eigenvalue weighted by Gasteiger charge is -2.17. The number of hydrogen-bond donors (Lipinski definition) is 1. The molecular weight excluding hydrogens is 310 g/mol. The van der Waals surface area contributed by atoms with Gasteiger partial charge in [-0.1, -0.05) is 0 Å². The van der Waals surface area contributed by atoms with Gasteiger partial charge in [0.25, 0.3) is 5.91 Å². The monoisotopic (exact) mass is 321 g/mol. The number of halogens is 1. The van der Waals surface area contributed by atoms with Crippen molar-refractivity contribution in [1.82, 2.24) is 0 Å². The predicted octanol–water partition coefficient (Wildman–Crippen LogP) is 3.62. The molecule has 0 spiro atoms. The second-order valence-corrected chi connectivity index (χ2v) is 5.11. The van der Waals surface area contributed by atoms with E-state index in [-0.39, 0.29) is 11.7 Å². The number of ether oxygens (including phenoxy) is 1. The lowest BCUT2D eigenvalue weighted by molar-refractivity contribution is 0.0995. The summed E-state index contributed by atoms with van der Waals surface area (Å²) in [5, 5.41) is 2.81. The highest BCUT2D eigenvalue weighted by Crippen LogP contribution is 2.27. The van der Waals surface area contributed by atoms with E-state index in [0.29, 0.717) is 4.67 Å². The molecule has 1 aromatic heterocycles. The molecule has 1 aliphatic heterocycles. The van der Waals surface area contributed by atoms with Gasteiger partial charge in [0.2, 0.25) is 0 Å². The highest BCUT2D eigenvalue weighted by atomic mass is 79.9. The molecule has 0 bridgehead atoms. The van der Waals surface area contributed by atoms with E-state index in [2.05, 4.69) is 21.2 Å². The molecule has 1 amide bonds. The molecule has 0 unspecified atom stereocenters. The van der Waals surface area contributed by atoms with Gasteiger partial charge in [-0.05, 0) is 64.7 Å². The highest BCUT2D eigenvalue weighted by Gasteiger charge is 2.14. The largest absolute Gasteiger partial charge is 0.493 e. The summed E-state index contributed by atoms with van der Waals surface area (Å²) in [4.78, 5) is 11.9. The predicted molar refractivity (Wildman–Crippen MR) is 74.6 cm³/mol. The van der Waals surface area contributed by atoms with Crippen LogP contribution in [0, 0.1) is 0 Å². The van der Waals surface area contributed by atoms with E-state index in [0.717, 1.165) is 36.4 Å². The van der Waals surface area contributed by atoms with Crippen LogP contribution in [-0.4, -0.2) is 12.5 Å². The average Bonchev–Trinajstić information content (AvgIpc) is 2.85. The Bertz CT molecular complexity index is 621. The second-order valence-electron chi connectivity index (χ2n) is 4.33. The fourth-order valence-corrected chi connectivity index (χ4v) is 2.37. The molecule has 1 aromatic carbocycles. The number of aryl methyl sites for hydroxylation is 1. The van der Waals surface area contributed by atoms with Gasteiger partial charge >= 0.3 is 0 Å². The lowest BCUT2D eigenvalue weighted by atomic mass is 10.1. The van der Waals surface area contributed by atoms with E-state index >= 15 is 0 Å². The van der Waals surface area contributed by atoms with Crippen LogP contribution in [0.25, 0.3) is 0 Å². The Balaban J connectivity index is 1.78. The van der Waals surface area contributed by atoms with E-state index < -0.39 is 0 Å². The third kappa shape index (κ3) is 2.66. The third-order valence-corrected chi connectivity index (χ3v) is 3.39. The summed E-state index contributed by atoms with van der Waals surface area (Å²) in [6.45, 7) is 0.763. The zero-order valence-corrected chi connectivity index (χ0v) is 11.7. The molecule has 0 fully saturated rings. The van der Waals surface area contributed by atoms with Gasteiger partial charge in [0.05, 0.1) is 6.61 Å². The number of carbonyl (C=O) groups excluding carboxylic acids is 1. The Hall–Kier alpha value is -1.75. The molecule has 19 heavy (non-hydrogen) atoms. The molecule has 0 saturated carbocycles. The fourth-order valence-electron chi connectivity index (χ4n) is 2.07. The molecular formula is C14H12BrNO3. The number of hydrogen-bond acceptors (Lipinski definition) is 3. The first kappa shape index (κ1) is 12.3. The van der Waals surface area contributed by atoms with E-state index in [1.807, 2.05) is 18.2 Å². The van der Waals surface area contributed by atoms with Gasteiger partial charge in [-0.25, -0.2) is 0 Å². The van der Waals surface area contributed by atoms with Crippen LogP contribution < -0.4 is 10.1 Å². The summed E-state index contributed by atoms with van der Waals surface area (Å²) in [6, 6.07) is 8.99. The molecule has 1 aliphatic rings. The Labute approximate surface area is 118 Å². The van der Waals surface area contributed by atoms with Crippen LogP contribution in [0.4, 0.5) is 5.69 Å². The van der Waals surface area contributed by atoms with Gasteiger partial charge in [-0.15, -0.1) is 0 Å². The van der Waals surface area contributed by atoms with Crippen LogP contribution in [0.1, 0.15) is 22.5 Å². The van der Waals surface area contributed by atoms with Gasteiger partial charge in [-0.2, -0.15) is 0 Å². The van der Waals surface area contributed by atoms with E-state index in [4.69, 9.17) is 9.15 Å². The number of fused-ring (bicyclic) bond motifs is 1. The summed E-state index contributed by atoms with van der Waals surface area (Å²) in [7, 11) is 0. The van der Waals surface area contributed by atoms with Gasteiger partial charge in [0, 0.05) is 5.69 Å². The van der Waals surface area contributed by atoms with E-state index in [1.54, 1.807) is 12.1 Å². The zero-order valence-electron chi connectivity index (χ0n) is 10.1. The smallest absolute Gasteiger partial charge is 0.291 e. The van der Waals surface area contributed by atoms with Crippen LogP contribution in [0.3, 0.4) is 0 Å². The van der Waals surface area contributed by atoms with Gasteiger partial charge in [0.1, 0.15) is 5.75 Å². The molecule has 5 heteroatoms. The molecule has 4 nitrogen and oxygen atoms in total. The number of nitrogens with one attached hydrogen (secondary N) is 1. The molecule has 2 heterocycles. The summed E-state index contributed by atoms with van der Waals surface area (Å²) in [5.74, 6) is 0.924. The Morgan fingerprint density at radius 1 is 1.26 bits per heavy atom. The van der Waals surface area contributed by atoms with Crippen LogP contribution in [0.2, 0.25) is 0 Å². The lowest BCUT2D eigenvalue weighted by Crippen LogP contribution is -2.12. The molecule has 0 saturated heterocycles. The van der Waals surface area contributed by atoms with Gasteiger partial charge in [0.15, 0.2) is 10.4 Å². The molecule has 98 valence electrons. The highest BCUT2D eigenvalue weighted by molar-refractivity contribution is 9.10. The Kier molecular flexibility index (Phi) is 3.29. The number of anilines is 1. The maximum absolute atomic E-state index is 11.9. The van der Waals surface area contributed by atoms with Crippen LogP contribution in [0.5, 0.6) is 5.75 Å². The SMILES string of the molecule is O=C(Nc1ccc2c(c1)CCCO2)c1ccc(Br)o1. The molecule has 1 N–H and O–H groups in total. The second kappa shape index (κ2) is 5.09. The molecule has 3 rings (SSSR count). The quantitative estimate of drug-likeness (QED) is 0.919. The van der Waals surface area contributed by atoms with Crippen molar-refractivity contribution in [3.63, 3.8) is 0 Å². The summed E-state index contributed by atoms with van der Waals surface area (Å²) >= 11 is 3.17. The Morgan fingerprint density at radius 3 is 2.95 bits per heavy atom. The number of benzene rings is 1. The number of amides is 1. The molecule has 2 aromatic rings. The number of furan rings is 1. The summed E-state index contributed by atoms with van der Waals surface area (Å²) in [6.07, 6.45) is 1.99. The van der Waals surface area contributed by atoms with Crippen molar-refractivity contribution in [2.45, 2.75) is 12.8 Å². The number of rotatable bonds is 2.